The quantitative estimate of drug-likeness (QED) is 0.786. The van der Waals surface area contributed by atoms with Gasteiger partial charge in [0.2, 0.25) is 10.0 Å². The summed E-state index contributed by atoms with van der Waals surface area (Å²) in [6.07, 6.45) is 3.00. The lowest BCUT2D eigenvalue weighted by Gasteiger charge is -2.16. The van der Waals surface area contributed by atoms with Crippen LogP contribution in [0.5, 0.6) is 0 Å². The monoisotopic (exact) mass is 334 g/mol. The molecule has 7 heteroatoms. The summed E-state index contributed by atoms with van der Waals surface area (Å²) in [7, 11) is -1.93. The molecule has 0 bridgehead atoms. The Morgan fingerprint density at radius 1 is 1.30 bits per heavy atom. The molecule has 0 fully saturated rings. The molecule has 1 N–H and O–H groups in total. The molecule has 0 unspecified atom stereocenters. The molecule has 2 aromatic rings. The topological polar surface area (TPSA) is 79.6 Å². The van der Waals surface area contributed by atoms with E-state index in [2.05, 4.69) is 11.3 Å². The first-order chi connectivity index (χ1) is 10.9. The third-order valence-corrected chi connectivity index (χ3v) is 4.59. The SMILES string of the molecule is C=CCNS(=O)(=O)c1ccc(C(=O)N(C)Cc2ccco2)cc1. The number of hydrogen-bond donors (Lipinski definition) is 1. The molecule has 1 aromatic heterocycles. The van der Waals surface area contributed by atoms with Crippen LogP contribution in [0.3, 0.4) is 0 Å². The number of carbonyl (C=O) groups excluding carboxylic acids is 1. The Kier molecular flexibility index (Phi) is 5.36. The zero-order chi connectivity index (χ0) is 16.9. The lowest BCUT2D eigenvalue weighted by molar-refractivity contribution is 0.0775. The van der Waals surface area contributed by atoms with Gasteiger partial charge < -0.3 is 9.32 Å². The number of hydrogen-bond acceptors (Lipinski definition) is 4. The predicted molar refractivity (Wildman–Crippen MR) is 86.3 cm³/mol. The fourth-order valence-corrected chi connectivity index (χ4v) is 2.96. The lowest BCUT2D eigenvalue weighted by Crippen LogP contribution is -2.26. The Hall–Kier alpha value is -2.38. The highest BCUT2D eigenvalue weighted by atomic mass is 32.2. The van der Waals surface area contributed by atoms with Crippen molar-refractivity contribution in [1.82, 2.24) is 9.62 Å². The maximum Gasteiger partial charge on any atom is 0.254 e. The van der Waals surface area contributed by atoms with E-state index in [-0.39, 0.29) is 17.3 Å². The fraction of sp³-hybridized carbons (Fsp3) is 0.188. The molecule has 0 aliphatic heterocycles. The highest BCUT2D eigenvalue weighted by Crippen LogP contribution is 2.13. The standard InChI is InChI=1S/C16H18N2O4S/c1-3-10-17-23(20,21)15-8-6-13(7-9-15)16(19)18(2)12-14-5-4-11-22-14/h3-9,11,17H,1,10,12H2,2H3. The molecular formula is C16H18N2O4S. The lowest BCUT2D eigenvalue weighted by atomic mass is 10.2. The van der Waals surface area contributed by atoms with Gasteiger partial charge in [0.15, 0.2) is 0 Å². The van der Waals surface area contributed by atoms with E-state index in [1.165, 1.54) is 35.2 Å². The molecule has 0 atom stereocenters. The van der Waals surface area contributed by atoms with Gasteiger partial charge in [-0.1, -0.05) is 6.08 Å². The van der Waals surface area contributed by atoms with Crippen molar-refractivity contribution in [3.63, 3.8) is 0 Å². The average Bonchev–Trinajstić information content (AvgIpc) is 3.05. The molecule has 1 aromatic carbocycles. The van der Waals surface area contributed by atoms with E-state index in [0.29, 0.717) is 17.9 Å². The smallest absolute Gasteiger partial charge is 0.254 e. The molecule has 0 saturated heterocycles. The van der Waals surface area contributed by atoms with Gasteiger partial charge in [0.05, 0.1) is 17.7 Å². The second-order valence-corrected chi connectivity index (χ2v) is 6.67. The van der Waals surface area contributed by atoms with Crippen LogP contribution in [-0.2, 0) is 16.6 Å². The van der Waals surface area contributed by atoms with E-state index in [9.17, 15) is 13.2 Å². The van der Waals surface area contributed by atoms with Crippen LogP contribution >= 0.6 is 0 Å². The summed E-state index contributed by atoms with van der Waals surface area (Å²) >= 11 is 0. The van der Waals surface area contributed by atoms with Crippen LogP contribution in [0.15, 0.2) is 64.6 Å². The first-order valence-electron chi connectivity index (χ1n) is 6.92. The summed E-state index contributed by atoms with van der Waals surface area (Å²) in [6.45, 7) is 3.95. The molecule has 0 saturated carbocycles. The number of nitrogens with one attached hydrogen (secondary N) is 1. The van der Waals surface area contributed by atoms with Crippen LogP contribution < -0.4 is 4.72 Å². The first-order valence-corrected chi connectivity index (χ1v) is 8.41. The third-order valence-electron chi connectivity index (χ3n) is 3.15. The average molecular weight is 334 g/mol. The zero-order valence-electron chi connectivity index (χ0n) is 12.7. The molecule has 0 aliphatic carbocycles. The van der Waals surface area contributed by atoms with Crippen LogP contribution in [-0.4, -0.2) is 32.8 Å². The Bertz CT molecular complexity index is 765. The van der Waals surface area contributed by atoms with Crippen molar-refractivity contribution in [1.29, 1.82) is 0 Å². The highest BCUT2D eigenvalue weighted by Gasteiger charge is 2.16. The predicted octanol–water partition coefficient (Wildman–Crippen LogP) is 2.02. The molecular weight excluding hydrogens is 316 g/mol. The number of rotatable bonds is 7. The summed E-state index contributed by atoms with van der Waals surface area (Å²) < 4.78 is 31.5. The summed E-state index contributed by atoms with van der Waals surface area (Å²) in [5, 5.41) is 0. The summed E-state index contributed by atoms with van der Waals surface area (Å²) in [5.74, 6) is 0.457. The molecule has 2 rings (SSSR count). The van der Waals surface area contributed by atoms with E-state index in [1.54, 1.807) is 25.4 Å². The molecule has 1 heterocycles. The second-order valence-electron chi connectivity index (χ2n) is 4.91. The maximum atomic E-state index is 12.3. The molecule has 6 nitrogen and oxygen atoms in total. The number of benzene rings is 1. The number of amides is 1. The van der Waals surface area contributed by atoms with Crippen LogP contribution in [0.2, 0.25) is 0 Å². The summed E-state index contributed by atoms with van der Waals surface area (Å²) in [6, 6.07) is 9.32. The highest BCUT2D eigenvalue weighted by molar-refractivity contribution is 7.89. The van der Waals surface area contributed by atoms with Crippen molar-refractivity contribution >= 4 is 15.9 Å². The van der Waals surface area contributed by atoms with Crippen molar-refractivity contribution in [2.75, 3.05) is 13.6 Å². The Morgan fingerprint density at radius 3 is 2.57 bits per heavy atom. The van der Waals surface area contributed by atoms with Crippen LogP contribution in [0.25, 0.3) is 0 Å². The van der Waals surface area contributed by atoms with Crippen LogP contribution in [0.1, 0.15) is 16.1 Å². The third kappa shape index (κ3) is 4.30. The van der Waals surface area contributed by atoms with Crippen molar-refractivity contribution in [3.8, 4) is 0 Å². The maximum absolute atomic E-state index is 12.3. The fourth-order valence-electron chi connectivity index (χ4n) is 1.96. The molecule has 0 aliphatic rings. The minimum Gasteiger partial charge on any atom is -0.467 e. The van der Waals surface area contributed by atoms with Crippen LogP contribution in [0, 0.1) is 0 Å². The number of carbonyl (C=O) groups is 1. The van der Waals surface area contributed by atoms with Gasteiger partial charge in [-0.2, -0.15) is 0 Å². The van der Waals surface area contributed by atoms with Gasteiger partial charge in [0.25, 0.3) is 5.91 Å². The van der Waals surface area contributed by atoms with E-state index in [4.69, 9.17) is 4.42 Å². The largest absolute Gasteiger partial charge is 0.467 e. The molecule has 122 valence electrons. The molecule has 23 heavy (non-hydrogen) atoms. The van der Waals surface area contributed by atoms with E-state index in [1.807, 2.05) is 0 Å². The van der Waals surface area contributed by atoms with Gasteiger partial charge in [0, 0.05) is 19.2 Å². The van der Waals surface area contributed by atoms with Gasteiger partial charge in [-0.3, -0.25) is 4.79 Å². The van der Waals surface area contributed by atoms with Crippen molar-refractivity contribution in [2.45, 2.75) is 11.4 Å². The van der Waals surface area contributed by atoms with Crippen molar-refractivity contribution in [2.24, 2.45) is 0 Å². The van der Waals surface area contributed by atoms with Gasteiger partial charge in [-0.25, -0.2) is 13.1 Å². The summed E-state index contributed by atoms with van der Waals surface area (Å²) in [4.78, 5) is 13.9. The number of nitrogens with zero attached hydrogens (tertiary/aromatic N) is 1. The van der Waals surface area contributed by atoms with Crippen LogP contribution in [0.4, 0.5) is 0 Å². The van der Waals surface area contributed by atoms with E-state index >= 15 is 0 Å². The van der Waals surface area contributed by atoms with Gasteiger partial charge in [0.1, 0.15) is 5.76 Å². The second kappa shape index (κ2) is 7.26. The Labute approximate surface area is 135 Å². The van der Waals surface area contributed by atoms with E-state index < -0.39 is 10.0 Å². The Balaban J connectivity index is 2.09. The van der Waals surface area contributed by atoms with Gasteiger partial charge >= 0.3 is 0 Å². The summed E-state index contributed by atoms with van der Waals surface area (Å²) in [5.41, 5.74) is 0.404. The van der Waals surface area contributed by atoms with Crippen molar-refractivity contribution < 1.29 is 17.6 Å². The van der Waals surface area contributed by atoms with Crippen molar-refractivity contribution in [3.05, 3.63) is 66.6 Å². The minimum absolute atomic E-state index is 0.101. The van der Waals surface area contributed by atoms with Gasteiger partial charge in [-0.05, 0) is 36.4 Å². The molecule has 0 spiro atoms. The zero-order valence-corrected chi connectivity index (χ0v) is 13.5. The van der Waals surface area contributed by atoms with Gasteiger partial charge in [-0.15, -0.1) is 6.58 Å². The molecule has 1 amide bonds. The Morgan fingerprint density at radius 2 is 2.00 bits per heavy atom. The minimum atomic E-state index is -3.59. The normalized spacial score (nSPS) is 11.2. The molecule has 0 radical (unpaired) electrons. The number of sulfonamides is 1. The first kappa shape index (κ1) is 17.0. The number of furan rings is 1. The van der Waals surface area contributed by atoms with E-state index in [0.717, 1.165) is 0 Å².